The zero-order valence-corrected chi connectivity index (χ0v) is 11.5. The Morgan fingerprint density at radius 3 is 2.89 bits per heavy atom. The Bertz CT molecular complexity index is 588. The molecule has 0 aliphatic carbocycles. The van der Waals surface area contributed by atoms with Crippen LogP contribution in [-0.2, 0) is 11.2 Å². The van der Waals surface area contributed by atoms with Crippen LogP contribution in [0.25, 0.3) is 11.3 Å². The molecular formula is C15H18N2O2. The van der Waals surface area contributed by atoms with E-state index in [-0.39, 0.29) is 5.78 Å². The van der Waals surface area contributed by atoms with Crippen LogP contribution in [0.4, 0.5) is 0 Å². The van der Waals surface area contributed by atoms with Crippen molar-refractivity contribution in [2.45, 2.75) is 27.2 Å². The number of aryl methyl sites for hydroxylation is 1. The molecule has 1 aromatic carbocycles. The molecule has 0 aliphatic heterocycles. The van der Waals surface area contributed by atoms with Gasteiger partial charge in [-0.15, -0.1) is 0 Å². The van der Waals surface area contributed by atoms with Gasteiger partial charge in [0.05, 0.1) is 18.7 Å². The summed E-state index contributed by atoms with van der Waals surface area (Å²) in [6.45, 7) is 6.11. The number of imidazole rings is 1. The van der Waals surface area contributed by atoms with Crippen molar-refractivity contribution < 1.29 is 9.53 Å². The van der Waals surface area contributed by atoms with Crippen molar-refractivity contribution >= 4 is 5.78 Å². The lowest BCUT2D eigenvalue weighted by Gasteiger charge is -2.04. The molecule has 0 radical (unpaired) electrons. The summed E-state index contributed by atoms with van der Waals surface area (Å²) in [6.07, 6.45) is 0.339. The summed E-state index contributed by atoms with van der Waals surface area (Å²) in [4.78, 5) is 18.8. The van der Waals surface area contributed by atoms with Gasteiger partial charge in [0.2, 0.25) is 0 Å². The van der Waals surface area contributed by atoms with Crippen molar-refractivity contribution in [3.8, 4) is 17.0 Å². The summed E-state index contributed by atoms with van der Waals surface area (Å²) in [5.74, 6) is 1.64. The number of Topliss-reactive ketones (excluding diaryl/α,β-unsaturated/α-hetero) is 1. The van der Waals surface area contributed by atoms with Crippen LogP contribution >= 0.6 is 0 Å². The number of ketones is 1. The number of carbonyl (C=O) groups is 1. The summed E-state index contributed by atoms with van der Waals surface area (Å²) >= 11 is 0. The Labute approximate surface area is 112 Å². The monoisotopic (exact) mass is 258 g/mol. The standard InChI is InChI=1S/C15H18N2O2/c1-4-19-13-7-5-6-12(9-13)15-11(3)16-14(17-15)8-10(2)18/h5-7,9H,4,8H2,1-3H3,(H,16,17). The zero-order chi connectivity index (χ0) is 13.8. The number of aromatic nitrogens is 2. The normalized spacial score (nSPS) is 10.5. The van der Waals surface area contributed by atoms with Gasteiger partial charge in [-0.05, 0) is 32.9 Å². The molecule has 0 spiro atoms. The first-order valence-electron chi connectivity index (χ1n) is 6.38. The highest BCUT2D eigenvalue weighted by Crippen LogP contribution is 2.25. The number of carbonyl (C=O) groups excluding carboxylic acids is 1. The van der Waals surface area contributed by atoms with E-state index in [9.17, 15) is 4.79 Å². The highest BCUT2D eigenvalue weighted by molar-refractivity contribution is 5.77. The number of benzene rings is 1. The molecule has 2 rings (SSSR count). The SMILES string of the molecule is CCOc1cccc(-c2nc(CC(C)=O)[nH]c2C)c1. The number of hydrogen-bond donors (Lipinski definition) is 1. The third-order valence-electron chi connectivity index (χ3n) is 2.77. The number of rotatable bonds is 5. The molecule has 0 amide bonds. The minimum Gasteiger partial charge on any atom is -0.494 e. The average molecular weight is 258 g/mol. The first-order valence-corrected chi connectivity index (χ1v) is 6.38. The number of aromatic amines is 1. The predicted molar refractivity (Wildman–Crippen MR) is 74.3 cm³/mol. The number of nitrogens with one attached hydrogen (secondary N) is 1. The Balaban J connectivity index is 2.33. The second-order valence-corrected chi connectivity index (χ2v) is 4.50. The molecule has 0 unspecified atom stereocenters. The molecule has 2 aromatic rings. The van der Waals surface area contributed by atoms with Crippen molar-refractivity contribution in [2.75, 3.05) is 6.61 Å². The first-order chi connectivity index (χ1) is 9.10. The van der Waals surface area contributed by atoms with Crippen LogP contribution in [0.5, 0.6) is 5.75 Å². The predicted octanol–water partition coefficient (Wildman–Crippen LogP) is 2.92. The maximum Gasteiger partial charge on any atom is 0.137 e. The zero-order valence-electron chi connectivity index (χ0n) is 11.5. The molecule has 4 heteroatoms. The van der Waals surface area contributed by atoms with Gasteiger partial charge in [0.1, 0.15) is 17.4 Å². The molecule has 4 nitrogen and oxygen atoms in total. The van der Waals surface area contributed by atoms with Crippen molar-refractivity contribution in [1.82, 2.24) is 9.97 Å². The van der Waals surface area contributed by atoms with Crippen LogP contribution in [0.3, 0.4) is 0 Å². The van der Waals surface area contributed by atoms with E-state index in [0.717, 1.165) is 22.7 Å². The lowest BCUT2D eigenvalue weighted by atomic mass is 10.1. The van der Waals surface area contributed by atoms with Crippen LogP contribution in [0.2, 0.25) is 0 Å². The quantitative estimate of drug-likeness (QED) is 0.897. The fourth-order valence-corrected chi connectivity index (χ4v) is 2.02. The summed E-state index contributed by atoms with van der Waals surface area (Å²) in [5.41, 5.74) is 2.83. The van der Waals surface area contributed by atoms with E-state index < -0.39 is 0 Å². The van der Waals surface area contributed by atoms with Gasteiger partial charge in [0.15, 0.2) is 0 Å². The Kier molecular flexibility index (Phi) is 4.00. The van der Waals surface area contributed by atoms with Crippen LogP contribution in [0.1, 0.15) is 25.4 Å². The van der Waals surface area contributed by atoms with Crippen molar-refractivity contribution in [1.29, 1.82) is 0 Å². The fourth-order valence-electron chi connectivity index (χ4n) is 2.02. The molecule has 0 saturated carbocycles. The minimum absolute atomic E-state index is 0.100. The van der Waals surface area contributed by atoms with Crippen molar-refractivity contribution in [3.05, 3.63) is 35.8 Å². The molecule has 0 aliphatic rings. The fraction of sp³-hybridized carbons (Fsp3) is 0.333. The third kappa shape index (κ3) is 3.22. The van der Waals surface area contributed by atoms with E-state index in [1.807, 2.05) is 38.1 Å². The minimum atomic E-state index is 0.100. The van der Waals surface area contributed by atoms with Gasteiger partial charge in [-0.3, -0.25) is 4.79 Å². The number of hydrogen-bond acceptors (Lipinski definition) is 3. The molecule has 0 fully saturated rings. The van der Waals surface area contributed by atoms with Crippen molar-refractivity contribution in [3.63, 3.8) is 0 Å². The lowest BCUT2D eigenvalue weighted by Crippen LogP contribution is -1.98. The molecule has 0 bridgehead atoms. The molecule has 100 valence electrons. The first kappa shape index (κ1) is 13.3. The Morgan fingerprint density at radius 2 is 2.21 bits per heavy atom. The Morgan fingerprint density at radius 1 is 1.42 bits per heavy atom. The van der Waals surface area contributed by atoms with E-state index in [0.29, 0.717) is 18.9 Å². The number of H-pyrrole nitrogens is 1. The third-order valence-corrected chi connectivity index (χ3v) is 2.77. The van der Waals surface area contributed by atoms with Crippen LogP contribution in [0, 0.1) is 6.92 Å². The van der Waals surface area contributed by atoms with E-state index in [4.69, 9.17) is 4.74 Å². The molecular weight excluding hydrogens is 240 g/mol. The van der Waals surface area contributed by atoms with Gasteiger partial charge in [-0.1, -0.05) is 12.1 Å². The molecule has 0 atom stereocenters. The van der Waals surface area contributed by atoms with Crippen LogP contribution < -0.4 is 4.74 Å². The van der Waals surface area contributed by atoms with Gasteiger partial charge in [-0.2, -0.15) is 0 Å². The van der Waals surface area contributed by atoms with E-state index in [1.165, 1.54) is 0 Å². The summed E-state index contributed by atoms with van der Waals surface area (Å²) in [6, 6.07) is 7.82. The molecule has 1 aromatic heterocycles. The molecule has 19 heavy (non-hydrogen) atoms. The second kappa shape index (κ2) is 5.69. The van der Waals surface area contributed by atoms with Gasteiger partial charge >= 0.3 is 0 Å². The topological polar surface area (TPSA) is 55.0 Å². The average Bonchev–Trinajstić information content (AvgIpc) is 2.70. The smallest absolute Gasteiger partial charge is 0.137 e. The highest BCUT2D eigenvalue weighted by Gasteiger charge is 2.10. The van der Waals surface area contributed by atoms with Gasteiger partial charge in [0, 0.05) is 11.3 Å². The molecule has 1 heterocycles. The number of nitrogens with zero attached hydrogens (tertiary/aromatic N) is 1. The van der Waals surface area contributed by atoms with Gasteiger partial charge in [0.25, 0.3) is 0 Å². The van der Waals surface area contributed by atoms with E-state index >= 15 is 0 Å². The Hall–Kier alpha value is -2.10. The summed E-state index contributed by atoms with van der Waals surface area (Å²) < 4.78 is 5.49. The van der Waals surface area contributed by atoms with Gasteiger partial charge in [-0.25, -0.2) is 4.98 Å². The highest BCUT2D eigenvalue weighted by atomic mass is 16.5. The summed E-state index contributed by atoms with van der Waals surface area (Å²) in [7, 11) is 0. The molecule has 0 saturated heterocycles. The summed E-state index contributed by atoms with van der Waals surface area (Å²) in [5, 5.41) is 0. The maximum absolute atomic E-state index is 11.1. The van der Waals surface area contributed by atoms with Crippen LogP contribution in [0.15, 0.2) is 24.3 Å². The van der Waals surface area contributed by atoms with Crippen molar-refractivity contribution in [2.24, 2.45) is 0 Å². The largest absolute Gasteiger partial charge is 0.494 e. The van der Waals surface area contributed by atoms with E-state index in [1.54, 1.807) is 6.92 Å². The van der Waals surface area contributed by atoms with E-state index in [2.05, 4.69) is 9.97 Å². The lowest BCUT2D eigenvalue weighted by molar-refractivity contribution is -0.116. The second-order valence-electron chi connectivity index (χ2n) is 4.50. The van der Waals surface area contributed by atoms with Gasteiger partial charge < -0.3 is 9.72 Å². The maximum atomic E-state index is 11.1. The molecule has 1 N–H and O–H groups in total. The van der Waals surface area contributed by atoms with Crippen LogP contribution in [-0.4, -0.2) is 22.4 Å². The number of ether oxygens (including phenoxy) is 1.